The largest absolute Gasteiger partial charge is 0.326 e. The first-order valence-corrected chi connectivity index (χ1v) is 5.69. The van der Waals surface area contributed by atoms with Crippen molar-refractivity contribution in [3.63, 3.8) is 0 Å². The fourth-order valence-electron chi connectivity index (χ4n) is 1.35. The van der Waals surface area contributed by atoms with Gasteiger partial charge in [-0.1, -0.05) is 13.8 Å². The topological polar surface area (TPSA) is 64.9 Å². The van der Waals surface area contributed by atoms with Crippen LogP contribution < -0.4 is 10.6 Å². The Balaban J connectivity index is 2.52. The van der Waals surface area contributed by atoms with Gasteiger partial charge in [-0.05, 0) is 30.8 Å². The van der Waals surface area contributed by atoms with E-state index in [2.05, 4.69) is 10.6 Å². The smallest absolute Gasteiger partial charge is 0.228 e. The van der Waals surface area contributed by atoms with Crippen LogP contribution in [0.2, 0.25) is 0 Å². The van der Waals surface area contributed by atoms with Gasteiger partial charge in [-0.25, -0.2) is 0 Å². The summed E-state index contributed by atoms with van der Waals surface area (Å²) in [5, 5.41) is 14.6. The van der Waals surface area contributed by atoms with Gasteiger partial charge in [0.25, 0.3) is 0 Å². The first kappa shape index (κ1) is 13.2. The molecule has 1 aromatic carbocycles. The van der Waals surface area contributed by atoms with E-state index in [1.54, 1.807) is 24.3 Å². The highest BCUT2D eigenvalue weighted by Crippen LogP contribution is 2.10. The van der Waals surface area contributed by atoms with Crippen LogP contribution in [0.25, 0.3) is 0 Å². The van der Waals surface area contributed by atoms with Crippen LogP contribution in [-0.4, -0.2) is 19.0 Å². The summed E-state index contributed by atoms with van der Waals surface area (Å²) < 4.78 is 0. The molecule has 0 saturated heterocycles. The predicted molar refractivity (Wildman–Crippen MR) is 67.5 cm³/mol. The molecule has 0 radical (unpaired) electrons. The third kappa shape index (κ3) is 4.25. The van der Waals surface area contributed by atoms with Crippen LogP contribution in [0, 0.1) is 17.2 Å². The van der Waals surface area contributed by atoms with Crippen LogP contribution in [0.1, 0.15) is 19.4 Å². The molecule has 0 aromatic heterocycles. The summed E-state index contributed by atoms with van der Waals surface area (Å²) in [6.07, 6.45) is 0. The number of hydrogen-bond donors (Lipinski definition) is 2. The number of hydrogen-bond acceptors (Lipinski definition) is 3. The Hall–Kier alpha value is -1.86. The second-order valence-corrected chi connectivity index (χ2v) is 3.89. The average molecular weight is 231 g/mol. The van der Waals surface area contributed by atoms with Crippen LogP contribution in [0.4, 0.5) is 5.69 Å². The van der Waals surface area contributed by atoms with E-state index in [0.29, 0.717) is 12.1 Å². The molecule has 1 amide bonds. The minimum absolute atomic E-state index is 0.0179. The molecule has 0 fully saturated rings. The number of benzene rings is 1. The molecule has 1 aromatic rings. The number of anilines is 1. The first-order chi connectivity index (χ1) is 8.17. The summed E-state index contributed by atoms with van der Waals surface area (Å²) in [5.74, 6) is -0.0961. The number of carbonyl (C=O) groups excluding carboxylic acids is 1. The average Bonchev–Trinajstić information content (AvgIpc) is 2.36. The van der Waals surface area contributed by atoms with Crippen molar-refractivity contribution in [2.45, 2.75) is 13.8 Å². The molecule has 0 saturated carbocycles. The highest BCUT2D eigenvalue weighted by Gasteiger charge is 2.11. The monoisotopic (exact) mass is 231 g/mol. The van der Waals surface area contributed by atoms with Crippen LogP contribution >= 0.6 is 0 Å². The molecule has 1 rings (SSSR count). The standard InChI is InChI=1S/C13H17N3O/c1-3-15-9-10(2)13(17)16-12-6-4-11(8-14)5-7-12/h4-7,10,15H,3,9H2,1-2H3,(H,16,17). The lowest BCUT2D eigenvalue weighted by atomic mass is 10.1. The van der Waals surface area contributed by atoms with Gasteiger partial charge in [0.2, 0.25) is 5.91 Å². The summed E-state index contributed by atoms with van der Waals surface area (Å²) in [7, 11) is 0. The molecule has 2 N–H and O–H groups in total. The molecule has 4 nitrogen and oxygen atoms in total. The number of nitrogens with one attached hydrogen (secondary N) is 2. The third-order valence-corrected chi connectivity index (χ3v) is 2.43. The fraction of sp³-hybridized carbons (Fsp3) is 0.385. The summed E-state index contributed by atoms with van der Waals surface area (Å²) >= 11 is 0. The van der Waals surface area contributed by atoms with Gasteiger partial charge in [-0.3, -0.25) is 4.79 Å². The Morgan fingerprint density at radius 1 is 1.41 bits per heavy atom. The molecule has 1 atom stereocenters. The normalized spacial score (nSPS) is 11.6. The van der Waals surface area contributed by atoms with Crippen LogP contribution in [-0.2, 0) is 4.79 Å². The zero-order valence-electron chi connectivity index (χ0n) is 10.2. The number of nitrogens with zero attached hydrogens (tertiary/aromatic N) is 1. The lowest BCUT2D eigenvalue weighted by molar-refractivity contribution is -0.119. The van der Waals surface area contributed by atoms with Gasteiger partial charge in [-0.2, -0.15) is 5.26 Å². The maximum Gasteiger partial charge on any atom is 0.228 e. The summed E-state index contributed by atoms with van der Waals surface area (Å²) in [6, 6.07) is 8.87. The Bertz CT molecular complexity index is 406. The highest BCUT2D eigenvalue weighted by molar-refractivity contribution is 5.92. The fourth-order valence-corrected chi connectivity index (χ4v) is 1.35. The zero-order valence-corrected chi connectivity index (χ0v) is 10.2. The second kappa shape index (κ2) is 6.66. The van der Waals surface area contributed by atoms with Crippen molar-refractivity contribution >= 4 is 11.6 Å². The van der Waals surface area contributed by atoms with Gasteiger partial charge in [0.15, 0.2) is 0 Å². The molecule has 1 unspecified atom stereocenters. The Kier molecular flexibility index (Phi) is 5.18. The minimum Gasteiger partial charge on any atom is -0.326 e. The minimum atomic E-state index is -0.0782. The highest BCUT2D eigenvalue weighted by atomic mass is 16.1. The summed E-state index contributed by atoms with van der Waals surface area (Å²) in [6.45, 7) is 5.40. The molecule has 0 heterocycles. The predicted octanol–water partition coefficient (Wildman–Crippen LogP) is 1.74. The van der Waals surface area contributed by atoms with Crippen molar-refractivity contribution in [3.8, 4) is 6.07 Å². The summed E-state index contributed by atoms with van der Waals surface area (Å²) in [4.78, 5) is 11.8. The first-order valence-electron chi connectivity index (χ1n) is 5.69. The lowest BCUT2D eigenvalue weighted by Gasteiger charge is -2.12. The molecule has 17 heavy (non-hydrogen) atoms. The number of carbonyl (C=O) groups is 1. The van der Waals surface area contributed by atoms with Crippen molar-refractivity contribution in [2.75, 3.05) is 18.4 Å². The molecule has 90 valence electrons. The quantitative estimate of drug-likeness (QED) is 0.811. The van der Waals surface area contributed by atoms with Crippen LogP contribution in [0.3, 0.4) is 0 Å². The van der Waals surface area contributed by atoms with E-state index < -0.39 is 0 Å². The van der Waals surface area contributed by atoms with Crippen LogP contribution in [0.5, 0.6) is 0 Å². The van der Waals surface area contributed by atoms with Gasteiger partial charge in [0.1, 0.15) is 0 Å². The molecular formula is C13H17N3O. The Morgan fingerprint density at radius 3 is 2.59 bits per heavy atom. The van der Waals surface area contributed by atoms with E-state index >= 15 is 0 Å². The van der Waals surface area contributed by atoms with E-state index in [9.17, 15) is 4.79 Å². The molecule has 0 aliphatic rings. The maximum atomic E-state index is 11.8. The van der Waals surface area contributed by atoms with Gasteiger partial charge in [0, 0.05) is 18.2 Å². The van der Waals surface area contributed by atoms with E-state index in [0.717, 1.165) is 12.2 Å². The zero-order chi connectivity index (χ0) is 12.7. The molecule has 0 spiro atoms. The van der Waals surface area contributed by atoms with Gasteiger partial charge in [0.05, 0.1) is 11.6 Å². The van der Waals surface area contributed by atoms with E-state index in [-0.39, 0.29) is 11.8 Å². The van der Waals surface area contributed by atoms with Gasteiger partial charge in [-0.15, -0.1) is 0 Å². The molecule has 4 heteroatoms. The van der Waals surface area contributed by atoms with Crippen molar-refractivity contribution in [1.82, 2.24) is 5.32 Å². The summed E-state index contributed by atoms with van der Waals surface area (Å²) in [5.41, 5.74) is 1.31. The third-order valence-electron chi connectivity index (χ3n) is 2.43. The SMILES string of the molecule is CCNCC(C)C(=O)Nc1ccc(C#N)cc1. The lowest BCUT2D eigenvalue weighted by Crippen LogP contribution is -2.30. The molecular weight excluding hydrogens is 214 g/mol. The molecule has 0 bridgehead atoms. The van der Waals surface area contributed by atoms with Crippen molar-refractivity contribution < 1.29 is 4.79 Å². The van der Waals surface area contributed by atoms with Crippen molar-refractivity contribution in [3.05, 3.63) is 29.8 Å². The number of nitriles is 1. The molecule has 0 aliphatic heterocycles. The van der Waals surface area contributed by atoms with Crippen molar-refractivity contribution in [1.29, 1.82) is 5.26 Å². The van der Waals surface area contributed by atoms with Crippen molar-refractivity contribution in [2.24, 2.45) is 5.92 Å². The van der Waals surface area contributed by atoms with E-state index in [1.165, 1.54) is 0 Å². The second-order valence-electron chi connectivity index (χ2n) is 3.89. The van der Waals surface area contributed by atoms with E-state index in [4.69, 9.17) is 5.26 Å². The molecule has 0 aliphatic carbocycles. The number of rotatable bonds is 5. The number of amides is 1. The van der Waals surface area contributed by atoms with Gasteiger partial charge < -0.3 is 10.6 Å². The Labute approximate surface area is 102 Å². The maximum absolute atomic E-state index is 11.8. The van der Waals surface area contributed by atoms with Crippen LogP contribution in [0.15, 0.2) is 24.3 Å². The Morgan fingerprint density at radius 2 is 2.06 bits per heavy atom. The van der Waals surface area contributed by atoms with E-state index in [1.807, 2.05) is 19.9 Å². The van der Waals surface area contributed by atoms with Gasteiger partial charge >= 0.3 is 0 Å².